The fraction of sp³-hybridized carbons (Fsp3) is 0.188. The van der Waals surface area contributed by atoms with Gasteiger partial charge in [0.25, 0.3) is 0 Å². The number of benzene rings is 2. The number of carbonyl (C=O) groups excluding carboxylic acids is 1. The first-order valence-corrected chi connectivity index (χ1v) is 7.56. The highest BCUT2D eigenvalue weighted by Gasteiger charge is 2.09. The van der Waals surface area contributed by atoms with Crippen LogP contribution in [-0.4, -0.2) is 19.1 Å². The van der Waals surface area contributed by atoms with Gasteiger partial charge in [0.1, 0.15) is 5.75 Å². The van der Waals surface area contributed by atoms with E-state index in [-0.39, 0.29) is 12.5 Å². The molecule has 4 nitrogen and oxygen atoms in total. The molecule has 116 valence electrons. The van der Waals surface area contributed by atoms with Crippen LogP contribution in [0.15, 0.2) is 42.5 Å². The smallest absolute Gasteiger partial charge is 0.243 e. The highest BCUT2D eigenvalue weighted by molar-refractivity contribution is 6.39. The van der Waals surface area contributed by atoms with E-state index in [4.69, 9.17) is 27.9 Å². The summed E-state index contributed by atoms with van der Waals surface area (Å²) in [6, 6.07) is 12.4. The monoisotopic (exact) mass is 338 g/mol. The van der Waals surface area contributed by atoms with Crippen molar-refractivity contribution < 1.29 is 9.53 Å². The molecule has 2 aromatic carbocycles. The average Bonchev–Trinajstić information content (AvgIpc) is 2.51. The molecule has 0 aromatic heterocycles. The predicted octanol–water partition coefficient (Wildman–Crippen LogP) is 4.44. The lowest BCUT2D eigenvalue weighted by Gasteiger charge is -2.11. The first kappa shape index (κ1) is 16.5. The Kier molecular flexibility index (Phi) is 5.92. The number of ether oxygens (including phenoxy) is 1. The zero-order valence-corrected chi connectivity index (χ0v) is 13.5. The summed E-state index contributed by atoms with van der Waals surface area (Å²) >= 11 is 12.0. The quantitative estimate of drug-likeness (QED) is 0.818. The maximum atomic E-state index is 11.9. The molecule has 0 spiro atoms. The number of amides is 1. The molecule has 0 saturated heterocycles. The van der Waals surface area contributed by atoms with Gasteiger partial charge in [-0.3, -0.25) is 4.79 Å². The van der Waals surface area contributed by atoms with Crippen LogP contribution in [0.4, 0.5) is 11.4 Å². The topological polar surface area (TPSA) is 50.4 Å². The van der Waals surface area contributed by atoms with E-state index in [0.29, 0.717) is 22.3 Å². The third-order valence-electron chi connectivity index (χ3n) is 2.85. The van der Waals surface area contributed by atoms with Gasteiger partial charge in [0, 0.05) is 5.69 Å². The molecule has 2 rings (SSSR count). The van der Waals surface area contributed by atoms with Crippen molar-refractivity contribution in [3.05, 3.63) is 52.5 Å². The molecule has 0 atom stereocenters. The number of para-hydroxylation sites is 1. The van der Waals surface area contributed by atoms with Gasteiger partial charge >= 0.3 is 0 Å². The van der Waals surface area contributed by atoms with E-state index in [0.717, 1.165) is 11.4 Å². The van der Waals surface area contributed by atoms with Crippen LogP contribution in [-0.2, 0) is 4.79 Å². The van der Waals surface area contributed by atoms with Gasteiger partial charge in [0.2, 0.25) is 5.91 Å². The molecule has 1 amide bonds. The lowest BCUT2D eigenvalue weighted by atomic mass is 10.3. The van der Waals surface area contributed by atoms with E-state index in [9.17, 15) is 4.79 Å². The standard InChI is InChI=1S/C16H16Cl2N2O2/c1-2-22-12-8-6-11(7-9-12)19-10-15(21)20-16-13(17)4-3-5-14(16)18/h3-9,19H,2,10H2,1H3,(H,20,21). The van der Waals surface area contributed by atoms with Crippen molar-refractivity contribution in [2.24, 2.45) is 0 Å². The van der Waals surface area contributed by atoms with Crippen LogP contribution in [0.25, 0.3) is 0 Å². The number of nitrogens with one attached hydrogen (secondary N) is 2. The second kappa shape index (κ2) is 7.92. The van der Waals surface area contributed by atoms with Crippen LogP contribution in [0.2, 0.25) is 10.0 Å². The molecule has 6 heteroatoms. The van der Waals surface area contributed by atoms with Gasteiger partial charge in [-0.25, -0.2) is 0 Å². The van der Waals surface area contributed by atoms with Crippen LogP contribution >= 0.6 is 23.2 Å². The van der Waals surface area contributed by atoms with Crippen LogP contribution in [0.1, 0.15) is 6.92 Å². The van der Waals surface area contributed by atoms with Crippen LogP contribution < -0.4 is 15.4 Å². The fourth-order valence-electron chi connectivity index (χ4n) is 1.82. The number of halogens is 2. The molecule has 0 aliphatic rings. The first-order valence-electron chi connectivity index (χ1n) is 6.80. The summed E-state index contributed by atoms with van der Waals surface area (Å²) in [4.78, 5) is 11.9. The second-order valence-corrected chi connectivity index (χ2v) is 5.27. The molecule has 0 heterocycles. The van der Waals surface area contributed by atoms with E-state index in [1.54, 1.807) is 18.2 Å². The predicted molar refractivity (Wildman–Crippen MR) is 91.2 cm³/mol. The Labute approximate surface area is 139 Å². The highest BCUT2D eigenvalue weighted by Crippen LogP contribution is 2.29. The van der Waals surface area contributed by atoms with Gasteiger partial charge < -0.3 is 15.4 Å². The van der Waals surface area contributed by atoms with E-state index in [1.807, 2.05) is 31.2 Å². The summed E-state index contributed by atoms with van der Waals surface area (Å²) in [5.74, 6) is 0.559. The van der Waals surface area contributed by atoms with E-state index in [2.05, 4.69) is 10.6 Å². The number of carbonyl (C=O) groups is 1. The Morgan fingerprint density at radius 1 is 1.09 bits per heavy atom. The maximum Gasteiger partial charge on any atom is 0.243 e. The Morgan fingerprint density at radius 3 is 2.32 bits per heavy atom. The van der Waals surface area contributed by atoms with Crippen LogP contribution in [0, 0.1) is 0 Å². The fourth-order valence-corrected chi connectivity index (χ4v) is 2.31. The summed E-state index contributed by atoms with van der Waals surface area (Å²) < 4.78 is 5.36. The zero-order valence-electron chi connectivity index (χ0n) is 12.0. The molecule has 0 saturated carbocycles. The normalized spacial score (nSPS) is 10.1. The molecule has 0 aliphatic carbocycles. The Hall–Kier alpha value is -1.91. The summed E-state index contributed by atoms with van der Waals surface area (Å²) in [6.07, 6.45) is 0. The van der Waals surface area contributed by atoms with Crippen molar-refractivity contribution in [3.63, 3.8) is 0 Å². The minimum absolute atomic E-state index is 0.107. The van der Waals surface area contributed by atoms with Crippen molar-refractivity contribution >= 4 is 40.5 Å². The summed E-state index contributed by atoms with van der Waals surface area (Å²) in [5.41, 5.74) is 1.24. The summed E-state index contributed by atoms with van der Waals surface area (Å²) in [5, 5.41) is 6.52. The molecule has 0 aliphatic heterocycles. The SMILES string of the molecule is CCOc1ccc(NCC(=O)Nc2c(Cl)cccc2Cl)cc1. The first-order chi connectivity index (χ1) is 10.6. The van der Waals surface area contributed by atoms with Crippen molar-refractivity contribution in [1.29, 1.82) is 0 Å². The van der Waals surface area contributed by atoms with Crippen molar-refractivity contribution in [3.8, 4) is 5.75 Å². The van der Waals surface area contributed by atoms with E-state index in [1.165, 1.54) is 0 Å². The minimum atomic E-state index is -0.233. The van der Waals surface area contributed by atoms with Crippen LogP contribution in [0.5, 0.6) is 5.75 Å². The Balaban J connectivity index is 1.90. The third kappa shape index (κ3) is 4.55. The number of hydrogen-bond donors (Lipinski definition) is 2. The van der Waals surface area contributed by atoms with Crippen LogP contribution in [0.3, 0.4) is 0 Å². The van der Waals surface area contributed by atoms with Crippen molar-refractivity contribution in [1.82, 2.24) is 0 Å². The molecule has 2 N–H and O–H groups in total. The van der Waals surface area contributed by atoms with E-state index >= 15 is 0 Å². The molecule has 0 bridgehead atoms. The van der Waals surface area contributed by atoms with Gasteiger partial charge in [-0.15, -0.1) is 0 Å². The third-order valence-corrected chi connectivity index (χ3v) is 3.48. The minimum Gasteiger partial charge on any atom is -0.494 e. The van der Waals surface area contributed by atoms with Gasteiger partial charge in [-0.05, 0) is 43.3 Å². The summed E-state index contributed by atoms with van der Waals surface area (Å²) in [6.45, 7) is 2.65. The molecule has 22 heavy (non-hydrogen) atoms. The Bertz CT molecular complexity index is 625. The molecule has 0 unspecified atom stereocenters. The lowest BCUT2D eigenvalue weighted by molar-refractivity contribution is -0.114. The van der Waals surface area contributed by atoms with Crippen molar-refractivity contribution in [2.75, 3.05) is 23.8 Å². The average molecular weight is 339 g/mol. The zero-order chi connectivity index (χ0) is 15.9. The van der Waals surface area contributed by atoms with Crippen molar-refractivity contribution in [2.45, 2.75) is 6.92 Å². The summed E-state index contributed by atoms with van der Waals surface area (Å²) in [7, 11) is 0. The van der Waals surface area contributed by atoms with Gasteiger partial charge in [0.05, 0.1) is 28.9 Å². The number of anilines is 2. The molecule has 0 radical (unpaired) electrons. The number of rotatable bonds is 6. The molecular formula is C16H16Cl2N2O2. The molecule has 0 fully saturated rings. The maximum absolute atomic E-state index is 11.9. The van der Waals surface area contributed by atoms with Gasteiger partial charge in [-0.2, -0.15) is 0 Å². The number of hydrogen-bond acceptors (Lipinski definition) is 3. The molecular weight excluding hydrogens is 323 g/mol. The molecule has 2 aromatic rings. The van der Waals surface area contributed by atoms with Gasteiger partial charge in [-0.1, -0.05) is 29.3 Å². The lowest BCUT2D eigenvalue weighted by Crippen LogP contribution is -2.22. The largest absolute Gasteiger partial charge is 0.494 e. The second-order valence-electron chi connectivity index (χ2n) is 4.46. The van der Waals surface area contributed by atoms with Gasteiger partial charge in [0.15, 0.2) is 0 Å². The Morgan fingerprint density at radius 2 is 1.73 bits per heavy atom. The highest BCUT2D eigenvalue weighted by atomic mass is 35.5. The van der Waals surface area contributed by atoms with E-state index < -0.39 is 0 Å².